The van der Waals surface area contributed by atoms with E-state index in [0.717, 1.165) is 30.4 Å². The predicted octanol–water partition coefficient (Wildman–Crippen LogP) is 1.07. The lowest BCUT2D eigenvalue weighted by molar-refractivity contribution is -0.115. The van der Waals surface area contributed by atoms with E-state index in [0.29, 0.717) is 23.7 Å². The van der Waals surface area contributed by atoms with Gasteiger partial charge in [0.1, 0.15) is 5.00 Å². The van der Waals surface area contributed by atoms with Gasteiger partial charge in [-0.15, -0.1) is 11.3 Å². The second-order valence-corrected chi connectivity index (χ2v) is 7.04. The Labute approximate surface area is 144 Å². The first-order chi connectivity index (χ1) is 11.5. The van der Waals surface area contributed by atoms with Crippen LogP contribution in [0.5, 0.6) is 0 Å². The van der Waals surface area contributed by atoms with Crippen LogP contribution in [-0.4, -0.2) is 34.7 Å². The van der Waals surface area contributed by atoms with Crippen LogP contribution in [0.3, 0.4) is 0 Å². The van der Waals surface area contributed by atoms with E-state index in [2.05, 4.69) is 15.7 Å². The van der Waals surface area contributed by atoms with E-state index in [9.17, 15) is 9.59 Å². The highest BCUT2D eigenvalue weighted by atomic mass is 32.1. The summed E-state index contributed by atoms with van der Waals surface area (Å²) in [5, 5.41) is 10.7. The number of fused-ring (bicyclic) bond motifs is 1. The van der Waals surface area contributed by atoms with Gasteiger partial charge in [0.25, 0.3) is 5.91 Å². The fraction of sp³-hybridized carbons (Fsp3) is 0.438. The molecule has 7 nitrogen and oxygen atoms in total. The molecule has 8 heteroatoms. The molecule has 0 radical (unpaired) electrons. The normalized spacial score (nSPS) is 13.0. The first kappa shape index (κ1) is 16.7. The second kappa shape index (κ2) is 7.14. The van der Waals surface area contributed by atoms with Gasteiger partial charge in [0.05, 0.1) is 24.8 Å². The third-order valence-electron chi connectivity index (χ3n) is 3.99. The van der Waals surface area contributed by atoms with Gasteiger partial charge in [-0.05, 0) is 37.3 Å². The van der Waals surface area contributed by atoms with E-state index in [4.69, 9.17) is 5.73 Å². The maximum Gasteiger partial charge on any atom is 0.251 e. The Hall–Kier alpha value is -2.19. The van der Waals surface area contributed by atoms with Crippen molar-refractivity contribution in [3.63, 3.8) is 0 Å². The molecular weight excluding hydrogens is 326 g/mol. The molecule has 0 aromatic carbocycles. The highest BCUT2D eigenvalue weighted by Crippen LogP contribution is 2.38. The monoisotopic (exact) mass is 347 g/mol. The number of anilines is 1. The number of thiophene rings is 1. The quantitative estimate of drug-likeness (QED) is 0.652. The zero-order chi connectivity index (χ0) is 17.1. The van der Waals surface area contributed by atoms with E-state index in [-0.39, 0.29) is 12.5 Å². The number of aryl methyl sites for hydroxylation is 2. The van der Waals surface area contributed by atoms with Crippen molar-refractivity contribution in [2.75, 3.05) is 18.4 Å². The number of hydrogen-bond acceptors (Lipinski definition) is 5. The second-order valence-electron chi connectivity index (χ2n) is 5.93. The predicted molar refractivity (Wildman–Crippen MR) is 93.3 cm³/mol. The van der Waals surface area contributed by atoms with Crippen LogP contribution < -0.4 is 16.4 Å². The molecule has 0 bridgehead atoms. The highest BCUT2D eigenvalue weighted by Gasteiger charge is 2.25. The Morgan fingerprint density at radius 1 is 1.42 bits per heavy atom. The third kappa shape index (κ3) is 3.65. The SMILES string of the molecule is Cc1cnn(CCNCC(=O)Nc2sc3c(c2C(N)=O)CCC3)c1. The van der Waals surface area contributed by atoms with Gasteiger partial charge in [-0.3, -0.25) is 14.3 Å². The van der Waals surface area contributed by atoms with Crippen LogP contribution in [0.1, 0.15) is 32.8 Å². The van der Waals surface area contributed by atoms with Gasteiger partial charge < -0.3 is 16.4 Å². The van der Waals surface area contributed by atoms with Crippen molar-refractivity contribution in [1.29, 1.82) is 0 Å². The number of nitrogens with zero attached hydrogens (tertiary/aromatic N) is 2. The van der Waals surface area contributed by atoms with Crippen LogP contribution in [0.15, 0.2) is 12.4 Å². The van der Waals surface area contributed by atoms with Crippen molar-refractivity contribution in [3.8, 4) is 0 Å². The molecule has 1 aliphatic rings. The van der Waals surface area contributed by atoms with Gasteiger partial charge in [0, 0.05) is 17.6 Å². The number of nitrogens with two attached hydrogens (primary N) is 1. The van der Waals surface area contributed by atoms with E-state index in [1.807, 2.05) is 17.8 Å². The molecule has 128 valence electrons. The van der Waals surface area contributed by atoms with Crippen LogP contribution in [0.2, 0.25) is 0 Å². The van der Waals surface area contributed by atoms with Crippen molar-refractivity contribution in [2.45, 2.75) is 32.7 Å². The minimum absolute atomic E-state index is 0.172. The number of amides is 2. The molecule has 0 saturated carbocycles. The maximum absolute atomic E-state index is 12.1. The largest absolute Gasteiger partial charge is 0.365 e. The average molecular weight is 347 g/mol. The highest BCUT2D eigenvalue weighted by molar-refractivity contribution is 7.17. The topological polar surface area (TPSA) is 102 Å². The number of primary amides is 1. The number of rotatable bonds is 7. The summed E-state index contributed by atoms with van der Waals surface area (Å²) in [6, 6.07) is 0. The Kier molecular flexibility index (Phi) is 4.96. The third-order valence-corrected chi connectivity index (χ3v) is 5.19. The lowest BCUT2D eigenvalue weighted by Gasteiger charge is -2.07. The summed E-state index contributed by atoms with van der Waals surface area (Å²) >= 11 is 1.47. The Morgan fingerprint density at radius 3 is 2.96 bits per heavy atom. The molecule has 0 unspecified atom stereocenters. The smallest absolute Gasteiger partial charge is 0.251 e. The van der Waals surface area contributed by atoms with Gasteiger partial charge >= 0.3 is 0 Å². The molecule has 4 N–H and O–H groups in total. The first-order valence-corrected chi connectivity index (χ1v) is 8.80. The van der Waals surface area contributed by atoms with Gasteiger partial charge in [-0.2, -0.15) is 5.10 Å². The average Bonchev–Trinajstić information content (AvgIpc) is 3.19. The summed E-state index contributed by atoms with van der Waals surface area (Å²) in [7, 11) is 0. The van der Waals surface area contributed by atoms with Gasteiger partial charge in [-0.25, -0.2) is 0 Å². The molecule has 2 aromatic rings. The van der Waals surface area contributed by atoms with Crippen LogP contribution >= 0.6 is 11.3 Å². The molecule has 0 aliphatic heterocycles. The summed E-state index contributed by atoms with van der Waals surface area (Å²) in [6.45, 7) is 3.50. The van der Waals surface area contributed by atoms with Gasteiger partial charge in [0.15, 0.2) is 0 Å². The van der Waals surface area contributed by atoms with E-state index in [1.54, 1.807) is 6.20 Å². The lowest BCUT2D eigenvalue weighted by Crippen LogP contribution is -2.31. The zero-order valence-corrected chi connectivity index (χ0v) is 14.4. The Morgan fingerprint density at radius 2 is 2.25 bits per heavy atom. The van der Waals surface area contributed by atoms with Crippen molar-refractivity contribution in [3.05, 3.63) is 34.0 Å². The summed E-state index contributed by atoms with van der Waals surface area (Å²) in [4.78, 5) is 25.0. The van der Waals surface area contributed by atoms with E-state index >= 15 is 0 Å². The van der Waals surface area contributed by atoms with E-state index in [1.165, 1.54) is 16.2 Å². The molecule has 3 rings (SSSR count). The van der Waals surface area contributed by atoms with Crippen LogP contribution in [-0.2, 0) is 24.2 Å². The molecule has 1 aliphatic carbocycles. The first-order valence-electron chi connectivity index (χ1n) is 7.98. The molecule has 24 heavy (non-hydrogen) atoms. The molecule has 2 amide bonds. The number of aromatic nitrogens is 2. The number of hydrogen-bond donors (Lipinski definition) is 3. The summed E-state index contributed by atoms with van der Waals surface area (Å²) in [5.41, 5.74) is 8.11. The minimum atomic E-state index is -0.466. The molecule has 0 spiro atoms. The van der Waals surface area contributed by atoms with Gasteiger partial charge in [-0.1, -0.05) is 0 Å². The fourth-order valence-electron chi connectivity index (χ4n) is 2.91. The summed E-state index contributed by atoms with van der Waals surface area (Å²) < 4.78 is 1.83. The maximum atomic E-state index is 12.1. The number of carbonyl (C=O) groups is 2. The molecule has 0 fully saturated rings. The standard InChI is InChI=1S/C16H21N5O2S/c1-10-7-19-21(9-10)6-5-18-8-13(22)20-16-14(15(17)23)11-3-2-4-12(11)24-16/h7,9,18H,2-6,8H2,1H3,(H2,17,23)(H,20,22). The van der Waals surface area contributed by atoms with Crippen molar-refractivity contribution in [2.24, 2.45) is 5.73 Å². The van der Waals surface area contributed by atoms with Crippen LogP contribution in [0.4, 0.5) is 5.00 Å². The number of nitrogens with one attached hydrogen (secondary N) is 2. The summed E-state index contributed by atoms with van der Waals surface area (Å²) in [6.07, 6.45) is 6.62. The van der Waals surface area contributed by atoms with Crippen molar-refractivity contribution in [1.82, 2.24) is 15.1 Å². The van der Waals surface area contributed by atoms with Crippen molar-refractivity contribution >= 4 is 28.2 Å². The minimum Gasteiger partial charge on any atom is -0.365 e. The van der Waals surface area contributed by atoms with Crippen molar-refractivity contribution < 1.29 is 9.59 Å². The molecule has 2 heterocycles. The molecular formula is C16H21N5O2S. The lowest BCUT2D eigenvalue weighted by atomic mass is 10.1. The Bertz CT molecular complexity index is 765. The van der Waals surface area contributed by atoms with Gasteiger partial charge in [0.2, 0.25) is 5.91 Å². The molecule has 2 aromatic heterocycles. The van der Waals surface area contributed by atoms with E-state index < -0.39 is 5.91 Å². The zero-order valence-electron chi connectivity index (χ0n) is 13.6. The van der Waals surface area contributed by atoms with Crippen LogP contribution in [0.25, 0.3) is 0 Å². The molecule has 0 saturated heterocycles. The van der Waals surface area contributed by atoms with Crippen LogP contribution in [0, 0.1) is 6.92 Å². The molecule has 0 atom stereocenters. The fourth-order valence-corrected chi connectivity index (χ4v) is 4.22. The Balaban J connectivity index is 1.51. The number of carbonyl (C=O) groups excluding carboxylic acids is 2. The summed E-state index contributed by atoms with van der Waals surface area (Å²) in [5.74, 6) is -0.638.